The maximum Gasteiger partial charge on any atom is 1.00 e. The molecule has 0 saturated heterocycles. The summed E-state index contributed by atoms with van der Waals surface area (Å²) in [6.45, 7) is 0. The molecule has 10 N–H and O–H groups in total. The summed E-state index contributed by atoms with van der Waals surface area (Å²) >= 11 is 0. The van der Waals surface area contributed by atoms with Gasteiger partial charge in [-0.25, -0.2) is 0 Å². The number of rotatable bonds is 0. The van der Waals surface area contributed by atoms with Gasteiger partial charge in [0.2, 0.25) is 0 Å². The van der Waals surface area contributed by atoms with E-state index in [4.69, 9.17) is 75.4 Å². The van der Waals surface area contributed by atoms with Gasteiger partial charge in [0.1, 0.15) is 0 Å². The first kappa shape index (κ1) is 179. The van der Waals surface area contributed by atoms with Gasteiger partial charge in [-0.1, -0.05) is 0 Å². The van der Waals surface area contributed by atoms with Gasteiger partial charge in [0.15, 0.2) is 0 Å². The summed E-state index contributed by atoms with van der Waals surface area (Å²) in [5, 5.41) is 126. The van der Waals surface area contributed by atoms with Gasteiger partial charge in [-0.15, -0.1) is 0 Å². The minimum Gasteiger partial charge on any atom is -0.907 e. The van der Waals surface area contributed by atoms with Crippen molar-refractivity contribution in [1.82, 2.24) is 0 Å². The zero-order chi connectivity index (χ0) is 17.9. The smallest absolute Gasteiger partial charge is 0.907 e. The standard InChI is InChI=1S/5BO3.15Na.5H2O/c5*2-1(3)4;;;;;;;;;;;;;;;;;;;;/h;;;;;;;;;;;;;;;;;;;;5*1H2/q5*-3;15*+1;;;;;. The summed E-state index contributed by atoms with van der Waals surface area (Å²) in [4.78, 5) is 0. The van der Waals surface area contributed by atoms with Crippen molar-refractivity contribution in [1.29, 1.82) is 0 Å². The number of hydrogen-bond acceptors (Lipinski definition) is 15. The maximum absolute atomic E-state index is 8.42. The van der Waals surface area contributed by atoms with E-state index in [1.165, 1.54) is 0 Å². The van der Waals surface area contributed by atoms with Crippen molar-refractivity contribution in [2.75, 3.05) is 0 Å². The van der Waals surface area contributed by atoms with Gasteiger partial charge in [-0.05, 0) is 0 Å². The molecular formula is H10B5Na15O20. The molecule has 0 bridgehead atoms. The van der Waals surface area contributed by atoms with E-state index < -0.39 is 36.6 Å². The molecule has 0 aromatic carbocycles. The van der Waals surface area contributed by atoms with E-state index in [1.54, 1.807) is 0 Å². The van der Waals surface area contributed by atoms with Crippen LogP contribution >= 0.6 is 0 Å². The molecule has 0 rings (SSSR count). The second-order valence-electron chi connectivity index (χ2n) is 1.44. The molecule has 0 aliphatic rings. The first-order valence-corrected chi connectivity index (χ1v) is 3.54. The van der Waals surface area contributed by atoms with E-state index in [2.05, 4.69) is 0 Å². The minimum atomic E-state index is -2.92. The van der Waals surface area contributed by atoms with Crippen LogP contribution in [0.1, 0.15) is 0 Å². The van der Waals surface area contributed by atoms with Crippen LogP contribution < -0.4 is 519 Å². The van der Waals surface area contributed by atoms with Crippen molar-refractivity contribution in [3.63, 3.8) is 0 Å². The molecule has 40 heteroatoms. The normalized spacial score (nSPS) is 3.38. The molecule has 160 valence electrons. The summed E-state index contributed by atoms with van der Waals surface area (Å²) < 4.78 is 0. The van der Waals surface area contributed by atoms with Crippen molar-refractivity contribution in [2.45, 2.75) is 0 Å². The molecule has 0 unspecified atom stereocenters. The van der Waals surface area contributed by atoms with Crippen LogP contribution in [0, 0.1) is 0 Å². The quantitative estimate of drug-likeness (QED) is 0.209. The van der Waals surface area contributed by atoms with Crippen LogP contribution in [0.2, 0.25) is 0 Å². The molecule has 0 aliphatic heterocycles. The Balaban J connectivity index is -0.00000000272. The summed E-state index contributed by atoms with van der Waals surface area (Å²) in [6, 6.07) is 0. The zero-order valence-electron chi connectivity index (χ0n) is 26.5. The molecule has 40 heavy (non-hydrogen) atoms. The molecule has 0 atom stereocenters. The molecule has 20 nitrogen and oxygen atoms in total. The Labute approximate surface area is 567 Å². The minimum absolute atomic E-state index is 0. The Hall–Kier alpha value is 14.5. The molecule has 0 spiro atoms. The van der Waals surface area contributed by atoms with Crippen molar-refractivity contribution in [3.8, 4) is 0 Å². The fraction of sp³-hybridized carbons (Fsp3) is 0. The van der Waals surface area contributed by atoms with Crippen LogP contribution in [0.4, 0.5) is 0 Å². The third-order valence-corrected chi connectivity index (χ3v) is 0. The fourth-order valence-electron chi connectivity index (χ4n) is 0. The Bertz CT molecular complexity index is 115. The van der Waals surface area contributed by atoms with E-state index in [-0.39, 0.29) is 471 Å². The average molecular weight is 729 g/mol. The largest absolute Gasteiger partial charge is 1.00 e. The van der Waals surface area contributed by atoms with Crippen molar-refractivity contribution in [2.24, 2.45) is 0 Å². The average Bonchev–Trinajstić information content (AvgIpc) is 1.94. The van der Waals surface area contributed by atoms with Crippen molar-refractivity contribution < 1.29 is 546 Å². The van der Waals surface area contributed by atoms with Gasteiger partial charge in [0.05, 0.1) is 0 Å². The van der Waals surface area contributed by atoms with Crippen molar-refractivity contribution in [3.05, 3.63) is 0 Å². The second-order valence-corrected chi connectivity index (χ2v) is 1.44. The summed E-state index contributed by atoms with van der Waals surface area (Å²) in [7, 11) is -14.6. The molecular weight excluding hydrogens is 719 g/mol. The molecule has 0 saturated carbocycles. The van der Waals surface area contributed by atoms with E-state index in [9.17, 15) is 0 Å². The van der Waals surface area contributed by atoms with E-state index in [1.807, 2.05) is 0 Å². The van der Waals surface area contributed by atoms with Crippen LogP contribution in [0.15, 0.2) is 0 Å². The van der Waals surface area contributed by atoms with Crippen LogP contribution in [-0.4, -0.2) is 64.0 Å². The van der Waals surface area contributed by atoms with Crippen LogP contribution in [0.25, 0.3) is 0 Å². The fourth-order valence-corrected chi connectivity index (χ4v) is 0. The van der Waals surface area contributed by atoms with E-state index in [0.29, 0.717) is 0 Å². The van der Waals surface area contributed by atoms with Crippen LogP contribution in [0.5, 0.6) is 0 Å². The predicted octanol–water partition coefficient (Wildman–Crippen LogP) is -68.8. The predicted molar refractivity (Wildman–Crippen MR) is 46.8 cm³/mol. The van der Waals surface area contributed by atoms with E-state index in [0.717, 1.165) is 0 Å². The number of hydrogen-bond donors (Lipinski definition) is 0. The molecule has 0 aliphatic carbocycles. The van der Waals surface area contributed by atoms with Gasteiger partial charge in [-0.2, -0.15) is 0 Å². The van der Waals surface area contributed by atoms with Gasteiger partial charge in [0, 0.05) is 0 Å². The molecule has 0 fully saturated rings. The molecule has 0 aromatic rings. The Morgan fingerprint density at radius 1 is 0.150 bits per heavy atom. The summed E-state index contributed by atoms with van der Waals surface area (Å²) in [5.74, 6) is 0. The first-order valence-electron chi connectivity index (χ1n) is 3.54. The van der Waals surface area contributed by atoms with Crippen LogP contribution in [-0.2, 0) is 0 Å². The van der Waals surface area contributed by atoms with Crippen LogP contribution in [0.3, 0.4) is 0 Å². The van der Waals surface area contributed by atoms with Gasteiger partial charge in [-0.3, -0.25) is 36.6 Å². The molecule has 0 heterocycles. The molecule has 0 aromatic heterocycles. The van der Waals surface area contributed by atoms with Gasteiger partial charge < -0.3 is 103 Å². The van der Waals surface area contributed by atoms with E-state index >= 15 is 0 Å². The zero-order valence-corrected chi connectivity index (χ0v) is 56.5. The third-order valence-electron chi connectivity index (χ3n) is 0. The summed E-state index contributed by atoms with van der Waals surface area (Å²) in [6.07, 6.45) is 0. The van der Waals surface area contributed by atoms with Gasteiger partial charge in [0.25, 0.3) is 0 Å². The third kappa shape index (κ3) is 661. The SMILES string of the molecule is O.O.O.O.O.[Na+].[Na+].[Na+].[Na+].[Na+].[Na+].[Na+].[Na+].[Na+].[Na+].[Na+].[Na+].[Na+].[Na+].[Na+].[O-]B([O-])[O-].[O-]B([O-])[O-].[O-]B([O-])[O-].[O-]B([O-])[O-].[O-]B([O-])[O-]. The Morgan fingerprint density at radius 2 is 0.150 bits per heavy atom. The summed E-state index contributed by atoms with van der Waals surface area (Å²) in [5.41, 5.74) is 0. The Kier molecular flexibility index (Phi) is 759. The monoisotopic (exact) mass is 730 g/mol. The second kappa shape index (κ2) is 169. The topological polar surface area (TPSA) is 503 Å². The van der Waals surface area contributed by atoms with Gasteiger partial charge >= 0.3 is 443 Å². The van der Waals surface area contributed by atoms with Crippen molar-refractivity contribution >= 4 is 36.6 Å². The Morgan fingerprint density at radius 3 is 0.150 bits per heavy atom. The first-order chi connectivity index (χ1) is 8.66. The molecule has 0 radical (unpaired) electrons. The maximum atomic E-state index is 8.42. The molecule has 0 amide bonds.